The normalized spacial score (nSPS) is 10.2. The van der Waals surface area contributed by atoms with Crippen molar-refractivity contribution in [3.05, 3.63) is 30.1 Å². The van der Waals surface area contributed by atoms with Gasteiger partial charge < -0.3 is 14.8 Å². The molecule has 19 heavy (non-hydrogen) atoms. The molecule has 0 aliphatic heterocycles. The zero-order valence-electron chi connectivity index (χ0n) is 11.0. The van der Waals surface area contributed by atoms with Crippen molar-refractivity contribution < 1.29 is 9.47 Å². The summed E-state index contributed by atoms with van der Waals surface area (Å²) in [6.07, 6.45) is 0.860. The number of methoxy groups -OCH3 is 1. The Balaban J connectivity index is 1.74. The summed E-state index contributed by atoms with van der Waals surface area (Å²) in [7, 11) is 1.64. The lowest BCUT2D eigenvalue weighted by Crippen LogP contribution is -2.11. The van der Waals surface area contributed by atoms with Crippen LogP contribution in [0.4, 0.5) is 5.13 Å². The zero-order valence-corrected chi connectivity index (χ0v) is 11.9. The summed E-state index contributed by atoms with van der Waals surface area (Å²) in [5.74, 6) is 2.47. The molecule has 1 aromatic carbocycles. The maximum Gasteiger partial charge on any atom is 0.202 e. The molecule has 1 heterocycles. The van der Waals surface area contributed by atoms with Crippen LogP contribution in [0, 0.1) is 0 Å². The molecular formula is C13H17N3O2S. The second-order valence-corrected chi connectivity index (χ2v) is 4.58. The largest absolute Gasteiger partial charge is 0.497 e. The monoisotopic (exact) mass is 279 g/mol. The number of benzene rings is 1. The van der Waals surface area contributed by atoms with Gasteiger partial charge in [0.1, 0.15) is 23.9 Å². The molecule has 0 amide bonds. The molecule has 2 rings (SSSR count). The summed E-state index contributed by atoms with van der Waals surface area (Å²) in [5.41, 5.74) is 0. The van der Waals surface area contributed by atoms with Gasteiger partial charge >= 0.3 is 0 Å². The number of hydrogen-bond donors (Lipinski definition) is 1. The van der Waals surface area contributed by atoms with Crippen molar-refractivity contribution in [1.29, 1.82) is 0 Å². The quantitative estimate of drug-likeness (QED) is 0.789. The Kier molecular flexibility index (Phi) is 4.97. The molecular weight excluding hydrogens is 262 g/mol. The van der Waals surface area contributed by atoms with Gasteiger partial charge in [-0.05, 0) is 12.1 Å². The second-order valence-electron chi connectivity index (χ2n) is 3.82. The van der Waals surface area contributed by atoms with E-state index in [-0.39, 0.29) is 0 Å². The van der Waals surface area contributed by atoms with E-state index in [0.29, 0.717) is 13.2 Å². The SMILES string of the molecule is CCc1nsc(NCCOc2cccc(OC)c2)n1. The molecule has 1 N–H and O–H groups in total. The highest BCUT2D eigenvalue weighted by Gasteiger charge is 2.01. The minimum absolute atomic E-state index is 0.564. The molecule has 0 saturated heterocycles. The van der Waals surface area contributed by atoms with E-state index in [0.717, 1.165) is 28.9 Å². The van der Waals surface area contributed by atoms with Crippen molar-refractivity contribution in [2.45, 2.75) is 13.3 Å². The number of nitrogens with zero attached hydrogens (tertiary/aromatic N) is 2. The first-order valence-electron chi connectivity index (χ1n) is 6.15. The molecule has 102 valence electrons. The van der Waals surface area contributed by atoms with Gasteiger partial charge in [0.15, 0.2) is 0 Å². The van der Waals surface area contributed by atoms with Crippen LogP contribution in [0.2, 0.25) is 0 Å². The van der Waals surface area contributed by atoms with Crippen LogP contribution in [0.3, 0.4) is 0 Å². The fraction of sp³-hybridized carbons (Fsp3) is 0.385. The molecule has 0 saturated carbocycles. The lowest BCUT2D eigenvalue weighted by Gasteiger charge is -2.07. The summed E-state index contributed by atoms with van der Waals surface area (Å²) < 4.78 is 15.0. The van der Waals surface area contributed by atoms with Gasteiger partial charge in [-0.25, -0.2) is 4.98 Å². The molecule has 0 atom stereocenters. The van der Waals surface area contributed by atoms with Crippen molar-refractivity contribution in [3.8, 4) is 11.5 Å². The Bertz CT molecular complexity index is 516. The number of anilines is 1. The fourth-order valence-corrected chi connectivity index (χ4v) is 2.16. The van der Waals surface area contributed by atoms with Gasteiger partial charge in [-0.15, -0.1) is 0 Å². The first-order valence-corrected chi connectivity index (χ1v) is 6.92. The van der Waals surface area contributed by atoms with E-state index < -0.39 is 0 Å². The minimum atomic E-state index is 0.564. The lowest BCUT2D eigenvalue weighted by molar-refractivity contribution is 0.329. The zero-order chi connectivity index (χ0) is 13.5. The Hall–Kier alpha value is -1.82. The molecule has 0 aliphatic carbocycles. The van der Waals surface area contributed by atoms with E-state index in [1.165, 1.54) is 11.5 Å². The van der Waals surface area contributed by atoms with Gasteiger partial charge in [-0.1, -0.05) is 13.0 Å². The van der Waals surface area contributed by atoms with E-state index in [1.54, 1.807) is 7.11 Å². The molecule has 2 aromatic rings. The third-order valence-corrected chi connectivity index (χ3v) is 3.18. The molecule has 0 aliphatic rings. The number of aromatic nitrogens is 2. The van der Waals surface area contributed by atoms with Gasteiger partial charge in [-0.2, -0.15) is 4.37 Å². The number of nitrogens with one attached hydrogen (secondary N) is 1. The standard InChI is InChI=1S/C13H17N3O2S/c1-3-12-15-13(19-16-12)14-7-8-18-11-6-4-5-10(9-11)17-2/h4-6,9H,3,7-8H2,1-2H3,(H,14,15,16). The van der Waals surface area contributed by atoms with Crippen molar-refractivity contribution in [3.63, 3.8) is 0 Å². The smallest absolute Gasteiger partial charge is 0.202 e. The summed E-state index contributed by atoms with van der Waals surface area (Å²) in [5, 5.41) is 4.03. The first kappa shape index (κ1) is 13.6. The van der Waals surface area contributed by atoms with E-state index in [4.69, 9.17) is 9.47 Å². The van der Waals surface area contributed by atoms with E-state index >= 15 is 0 Å². The third kappa shape index (κ3) is 4.10. The summed E-state index contributed by atoms with van der Waals surface area (Å²) >= 11 is 1.38. The van der Waals surface area contributed by atoms with Crippen LogP contribution >= 0.6 is 11.5 Å². The van der Waals surface area contributed by atoms with Crippen LogP contribution in [-0.4, -0.2) is 29.6 Å². The predicted octanol–water partition coefficient (Wildman–Crippen LogP) is 2.60. The molecule has 0 bridgehead atoms. The highest BCUT2D eigenvalue weighted by molar-refractivity contribution is 7.09. The van der Waals surface area contributed by atoms with Gasteiger partial charge in [0.2, 0.25) is 5.13 Å². The average molecular weight is 279 g/mol. The van der Waals surface area contributed by atoms with Crippen molar-refractivity contribution in [2.24, 2.45) is 0 Å². The first-order chi connectivity index (χ1) is 9.31. The summed E-state index contributed by atoms with van der Waals surface area (Å²) in [6.45, 7) is 3.29. The third-order valence-electron chi connectivity index (χ3n) is 2.47. The highest BCUT2D eigenvalue weighted by Crippen LogP contribution is 2.18. The molecule has 6 heteroatoms. The Labute approximate surface area is 116 Å². The van der Waals surface area contributed by atoms with Gasteiger partial charge in [0.25, 0.3) is 0 Å². The molecule has 1 aromatic heterocycles. The minimum Gasteiger partial charge on any atom is -0.497 e. The Morgan fingerprint density at radius 3 is 2.89 bits per heavy atom. The second kappa shape index (κ2) is 6.94. The van der Waals surface area contributed by atoms with Gasteiger partial charge in [0, 0.05) is 24.0 Å². The Morgan fingerprint density at radius 2 is 2.16 bits per heavy atom. The van der Waals surface area contributed by atoms with Crippen molar-refractivity contribution in [2.75, 3.05) is 25.6 Å². The van der Waals surface area contributed by atoms with Gasteiger partial charge in [-0.3, -0.25) is 0 Å². The highest BCUT2D eigenvalue weighted by atomic mass is 32.1. The number of ether oxygens (including phenoxy) is 2. The van der Waals surface area contributed by atoms with E-state index in [1.807, 2.05) is 31.2 Å². The maximum atomic E-state index is 5.62. The number of hydrogen-bond acceptors (Lipinski definition) is 6. The summed E-state index contributed by atoms with van der Waals surface area (Å²) in [6, 6.07) is 7.56. The molecule has 0 radical (unpaired) electrons. The van der Waals surface area contributed by atoms with E-state index in [2.05, 4.69) is 14.7 Å². The number of rotatable bonds is 7. The van der Waals surface area contributed by atoms with Gasteiger partial charge in [0.05, 0.1) is 13.7 Å². The Morgan fingerprint density at radius 1 is 1.32 bits per heavy atom. The van der Waals surface area contributed by atoms with Crippen LogP contribution in [-0.2, 0) is 6.42 Å². The molecule has 0 fully saturated rings. The predicted molar refractivity (Wildman–Crippen MR) is 76.3 cm³/mol. The van der Waals surface area contributed by atoms with Crippen LogP contribution in [0.15, 0.2) is 24.3 Å². The maximum absolute atomic E-state index is 5.62. The van der Waals surface area contributed by atoms with Crippen LogP contribution in [0.5, 0.6) is 11.5 Å². The van der Waals surface area contributed by atoms with E-state index in [9.17, 15) is 0 Å². The summed E-state index contributed by atoms with van der Waals surface area (Å²) in [4.78, 5) is 4.32. The van der Waals surface area contributed by atoms with Crippen molar-refractivity contribution >= 4 is 16.7 Å². The van der Waals surface area contributed by atoms with Crippen molar-refractivity contribution in [1.82, 2.24) is 9.36 Å². The number of aryl methyl sites for hydroxylation is 1. The van der Waals surface area contributed by atoms with Crippen LogP contribution < -0.4 is 14.8 Å². The molecule has 0 unspecified atom stereocenters. The molecule has 5 nitrogen and oxygen atoms in total. The lowest BCUT2D eigenvalue weighted by atomic mass is 10.3. The van der Waals surface area contributed by atoms with Crippen LogP contribution in [0.25, 0.3) is 0 Å². The molecule has 0 spiro atoms. The fourth-order valence-electron chi connectivity index (χ4n) is 1.49. The van der Waals surface area contributed by atoms with Crippen LogP contribution in [0.1, 0.15) is 12.7 Å². The topological polar surface area (TPSA) is 56.3 Å². The average Bonchev–Trinajstić information content (AvgIpc) is 2.92.